The molecule has 0 aliphatic carbocycles. The number of halogens is 1. The van der Waals surface area contributed by atoms with Gasteiger partial charge >= 0.3 is 0 Å². The van der Waals surface area contributed by atoms with Crippen LogP contribution in [0, 0.1) is 5.82 Å². The molecule has 1 aromatic rings. The molecule has 0 bridgehead atoms. The Morgan fingerprint density at radius 1 is 1.32 bits per heavy atom. The molecule has 0 aliphatic rings. The van der Waals surface area contributed by atoms with Crippen LogP contribution in [0.2, 0.25) is 0 Å². The van der Waals surface area contributed by atoms with E-state index < -0.39 is 10.1 Å². The summed E-state index contributed by atoms with van der Waals surface area (Å²) in [5.41, 5.74) is 0.274. The summed E-state index contributed by atoms with van der Waals surface area (Å²) in [6.07, 6.45) is 0.824. The number of benzene rings is 1. The summed E-state index contributed by atoms with van der Waals surface area (Å²) in [7, 11) is -3.91. The van der Waals surface area contributed by atoms with Crippen molar-refractivity contribution < 1.29 is 17.4 Å². The smallest absolute Gasteiger partial charge is 0.264 e. The van der Waals surface area contributed by atoms with Gasteiger partial charge in [-0.1, -0.05) is 18.2 Å². The molecule has 108 valence electrons. The molecule has 0 heterocycles. The largest absolute Gasteiger partial charge is 0.311 e. The molecular weight excluding hydrogens is 269 g/mol. The molecule has 6 heteroatoms. The highest BCUT2D eigenvalue weighted by Crippen LogP contribution is 2.15. The monoisotopic (exact) mass is 289 g/mol. The fourth-order valence-corrected chi connectivity index (χ4v) is 2.37. The Labute approximate surface area is 113 Å². The average molecular weight is 289 g/mol. The lowest BCUT2D eigenvalue weighted by atomic mass is 9.94. The molecule has 1 aromatic carbocycles. The Kier molecular flexibility index (Phi) is 5.46. The second-order valence-corrected chi connectivity index (χ2v) is 6.79. The molecular formula is C13H20FNO3S. The third kappa shape index (κ3) is 6.66. The van der Waals surface area contributed by atoms with Crippen LogP contribution in [0.25, 0.3) is 0 Å². The minimum atomic E-state index is -3.91. The summed E-state index contributed by atoms with van der Waals surface area (Å²) >= 11 is 0. The lowest BCUT2D eigenvalue weighted by Crippen LogP contribution is -2.42. The van der Waals surface area contributed by atoms with Gasteiger partial charge in [0.1, 0.15) is 5.82 Å². The van der Waals surface area contributed by atoms with E-state index in [0.717, 1.165) is 0 Å². The van der Waals surface area contributed by atoms with Crippen LogP contribution >= 0.6 is 0 Å². The van der Waals surface area contributed by atoms with Crippen LogP contribution in [0.4, 0.5) is 4.39 Å². The van der Waals surface area contributed by atoms with Crippen LogP contribution in [0.3, 0.4) is 0 Å². The number of hydrogen-bond donors (Lipinski definition) is 2. The maximum absolute atomic E-state index is 13.5. The van der Waals surface area contributed by atoms with E-state index in [-0.39, 0.29) is 17.1 Å². The molecule has 0 fully saturated rings. The van der Waals surface area contributed by atoms with E-state index in [4.69, 9.17) is 4.55 Å². The molecule has 1 rings (SSSR count). The average Bonchev–Trinajstić information content (AvgIpc) is 2.26. The van der Waals surface area contributed by atoms with Gasteiger partial charge < -0.3 is 5.32 Å². The van der Waals surface area contributed by atoms with Crippen molar-refractivity contribution in [3.63, 3.8) is 0 Å². The molecule has 0 saturated carbocycles. The topological polar surface area (TPSA) is 66.4 Å². The highest BCUT2D eigenvalue weighted by molar-refractivity contribution is 7.85. The lowest BCUT2D eigenvalue weighted by molar-refractivity contribution is 0.380. The fourth-order valence-electron chi connectivity index (χ4n) is 1.86. The van der Waals surface area contributed by atoms with Crippen molar-refractivity contribution in [3.05, 3.63) is 35.6 Å². The zero-order valence-electron chi connectivity index (χ0n) is 11.2. The molecule has 0 unspecified atom stereocenters. The zero-order valence-corrected chi connectivity index (χ0v) is 12.0. The Morgan fingerprint density at radius 2 is 1.95 bits per heavy atom. The molecule has 0 aliphatic heterocycles. The molecule has 0 radical (unpaired) electrons. The minimum Gasteiger partial charge on any atom is -0.311 e. The second-order valence-electron chi connectivity index (χ2n) is 5.22. The van der Waals surface area contributed by atoms with Crippen LogP contribution in [0.5, 0.6) is 0 Å². The van der Waals surface area contributed by atoms with Gasteiger partial charge in [0.2, 0.25) is 0 Å². The first-order valence-corrected chi connectivity index (χ1v) is 7.74. The van der Waals surface area contributed by atoms with Gasteiger partial charge in [-0.15, -0.1) is 0 Å². The maximum atomic E-state index is 13.5. The third-order valence-corrected chi connectivity index (χ3v) is 3.58. The van der Waals surface area contributed by atoms with Gasteiger partial charge in [0.05, 0.1) is 5.75 Å². The van der Waals surface area contributed by atoms with Gasteiger partial charge in [0, 0.05) is 5.54 Å². The van der Waals surface area contributed by atoms with Crippen LogP contribution < -0.4 is 5.32 Å². The van der Waals surface area contributed by atoms with Gasteiger partial charge in [-0.05, 0) is 44.9 Å². The van der Waals surface area contributed by atoms with Crippen molar-refractivity contribution in [3.8, 4) is 0 Å². The number of nitrogens with one attached hydrogen (secondary N) is 1. The van der Waals surface area contributed by atoms with Crippen molar-refractivity contribution >= 4 is 10.1 Å². The maximum Gasteiger partial charge on any atom is 0.264 e. The highest BCUT2D eigenvalue weighted by Gasteiger charge is 2.19. The standard InChI is InChI=1S/C13H20FNO3S/c1-13(2,15-8-5-9-19(16,17)18)10-11-6-3-4-7-12(11)14/h3-4,6-7,15H,5,8-10H2,1-2H3,(H,16,17,18). The Hall–Kier alpha value is -0.980. The molecule has 2 N–H and O–H groups in total. The Bertz CT molecular complexity index is 514. The summed E-state index contributed by atoms with van der Waals surface area (Å²) in [5.74, 6) is -0.509. The van der Waals surface area contributed by atoms with Gasteiger partial charge in [0.15, 0.2) is 0 Å². The van der Waals surface area contributed by atoms with Crippen LogP contribution in [0.15, 0.2) is 24.3 Å². The molecule has 0 aromatic heterocycles. The van der Waals surface area contributed by atoms with E-state index in [1.807, 2.05) is 13.8 Å². The first-order chi connectivity index (χ1) is 8.70. The van der Waals surface area contributed by atoms with Crippen LogP contribution in [-0.4, -0.2) is 30.8 Å². The second kappa shape index (κ2) is 6.45. The predicted molar refractivity (Wildman–Crippen MR) is 73.2 cm³/mol. The summed E-state index contributed by atoms with van der Waals surface area (Å²) in [6.45, 7) is 4.29. The third-order valence-electron chi connectivity index (χ3n) is 2.77. The highest BCUT2D eigenvalue weighted by atomic mass is 32.2. The van der Waals surface area contributed by atoms with Crippen molar-refractivity contribution in [2.75, 3.05) is 12.3 Å². The van der Waals surface area contributed by atoms with Crippen molar-refractivity contribution in [1.82, 2.24) is 5.32 Å². The van der Waals surface area contributed by atoms with E-state index in [0.29, 0.717) is 24.9 Å². The fraction of sp³-hybridized carbons (Fsp3) is 0.538. The van der Waals surface area contributed by atoms with Crippen LogP contribution in [-0.2, 0) is 16.5 Å². The summed E-state index contributed by atoms with van der Waals surface area (Å²) < 4.78 is 43.3. The minimum absolute atomic E-state index is 0.240. The Morgan fingerprint density at radius 3 is 2.53 bits per heavy atom. The SMILES string of the molecule is CC(C)(Cc1ccccc1F)NCCCS(=O)(=O)O. The first kappa shape index (κ1) is 16.1. The summed E-state index contributed by atoms with van der Waals surface area (Å²) in [4.78, 5) is 0. The van der Waals surface area contributed by atoms with E-state index in [1.165, 1.54) is 6.07 Å². The van der Waals surface area contributed by atoms with Crippen LogP contribution in [0.1, 0.15) is 25.8 Å². The first-order valence-electron chi connectivity index (χ1n) is 6.13. The lowest BCUT2D eigenvalue weighted by Gasteiger charge is -2.26. The molecule has 4 nitrogen and oxygen atoms in total. The molecule has 0 atom stereocenters. The molecule has 19 heavy (non-hydrogen) atoms. The van der Waals surface area contributed by atoms with Gasteiger partial charge in [0.25, 0.3) is 10.1 Å². The van der Waals surface area contributed by atoms with Gasteiger partial charge in [-0.3, -0.25) is 4.55 Å². The van der Waals surface area contributed by atoms with E-state index in [1.54, 1.807) is 18.2 Å². The van der Waals surface area contributed by atoms with Crippen molar-refractivity contribution in [1.29, 1.82) is 0 Å². The summed E-state index contributed by atoms with van der Waals surface area (Å²) in [6, 6.07) is 6.58. The normalized spacial score (nSPS) is 12.6. The van der Waals surface area contributed by atoms with E-state index in [2.05, 4.69) is 5.32 Å². The van der Waals surface area contributed by atoms with Gasteiger partial charge in [-0.25, -0.2) is 4.39 Å². The number of hydrogen-bond acceptors (Lipinski definition) is 3. The quantitative estimate of drug-likeness (QED) is 0.595. The van der Waals surface area contributed by atoms with Crippen molar-refractivity contribution in [2.45, 2.75) is 32.2 Å². The predicted octanol–water partition coefficient (Wildman–Crippen LogP) is 2.01. The van der Waals surface area contributed by atoms with E-state index in [9.17, 15) is 12.8 Å². The zero-order chi connectivity index (χ0) is 14.5. The van der Waals surface area contributed by atoms with E-state index >= 15 is 0 Å². The summed E-state index contributed by atoms with van der Waals surface area (Å²) in [5, 5.41) is 3.17. The molecule has 0 spiro atoms. The molecule has 0 amide bonds. The van der Waals surface area contributed by atoms with Gasteiger partial charge in [-0.2, -0.15) is 8.42 Å². The number of rotatable bonds is 7. The van der Waals surface area contributed by atoms with Crippen molar-refractivity contribution in [2.24, 2.45) is 0 Å². The Balaban J connectivity index is 2.46. The molecule has 0 saturated heterocycles.